The summed E-state index contributed by atoms with van der Waals surface area (Å²) >= 11 is 6.48. The molecule has 7 heterocycles. The van der Waals surface area contributed by atoms with Crippen molar-refractivity contribution in [3.63, 3.8) is 0 Å². The second-order valence-electron chi connectivity index (χ2n) is 20.4. The number of benzene rings is 3. The highest BCUT2D eigenvalue weighted by Crippen LogP contribution is 2.62. The van der Waals surface area contributed by atoms with E-state index in [2.05, 4.69) is 32.8 Å². The van der Waals surface area contributed by atoms with Crippen molar-refractivity contribution >= 4 is 52.5 Å². The van der Waals surface area contributed by atoms with Gasteiger partial charge in [0.2, 0.25) is 17.7 Å². The Balaban J connectivity index is 0.843. The average molecular weight is 1010 g/mol. The molecule has 3 N–H and O–H groups in total. The number of hydrogen-bond donors (Lipinski definition) is 3. The molecule has 11 rings (SSSR count). The number of pyridine rings is 1. The van der Waals surface area contributed by atoms with Crippen LogP contribution in [0.1, 0.15) is 126 Å². The summed E-state index contributed by atoms with van der Waals surface area (Å²) < 4.78 is 65.1. The van der Waals surface area contributed by atoms with Gasteiger partial charge in [0.15, 0.2) is 0 Å². The Morgan fingerprint density at radius 1 is 0.986 bits per heavy atom. The number of imide groups is 1. The Morgan fingerprint density at radius 3 is 2.58 bits per heavy atom. The fourth-order valence-electron chi connectivity index (χ4n) is 12.9. The number of aromatic nitrogens is 1. The van der Waals surface area contributed by atoms with Crippen molar-refractivity contribution in [1.82, 2.24) is 25.4 Å². The molecule has 7 aliphatic rings. The summed E-state index contributed by atoms with van der Waals surface area (Å²) in [5.41, 5.74) is 0.672. The third kappa shape index (κ3) is 7.96. The summed E-state index contributed by atoms with van der Waals surface area (Å²) in [7, 11) is 0. The number of carbonyl (C=O) groups excluding carboxylic acids is 5. The van der Waals surface area contributed by atoms with Crippen molar-refractivity contribution in [2.45, 2.75) is 119 Å². The Bertz CT molecular complexity index is 3010. The molecule has 3 saturated heterocycles. The minimum Gasteiger partial charge on any atom is -0.487 e. The second-order valence-corrected chi connectivity index (χ2v) is 20.8. The van der Waals surface area contributed by atoms with Crippen LogP contribution in [0.4, 0.5) is 28.9 Å². The molecule has 72 heavy (non-hydrogen) atoms. The Morgan fingerprint density at radius 2 is 1.79 bits per heavy atom. The van der Waals surface area contributed by atoms with Gasteiger partial charge >= 0.3 is 6.18 Å². The normalized spacial score (nSPS) is 26.3. The zero-order chi connectivity index (χ0) is 50.3. The lowest BCUT2D eigenvalue weighted by atomic mass is 9.56. The Kier molecular flexibility index (Phi) is 12.1. The molecule has 18 heteroatoms. The van der Waals surface area contributed by atoms with E-state index in [1.54, 1.807) is 52.3 Å². The van der Waals surface area contributed by atoms with Crippen molar-refractivity contribution < 1.29 is 46.3 Å². The number of nitrogens with one attached hydrogen (secondary N) is 3. The first kappa shape index (κ1) is 47.8. The van der Waals surface area contributed by atoms with E-state index in [1.165, 1.54) is 17.2 Å². The number of halogens is 5. The minimum absolute atomic E-state index is 0.0759. The van der Waals surface area contributed by atoms with Gasteiger partial charge in [-0.05, 0) is 98.5 Å². The highest BCUT2D eigenvalue weighted by molar-refractivity contribution is 6.30. The number of amides is 5. The second kappa shape index (κ2) is 18.2. The maximum Gasteiger partial charge on any atom is 0.433 e. The number of piperidine rings is 2. The van der Waals surface area contributed by atoms with E-state index in [4.69, 9.17) is 16.3 Å². The first-order chi connectivity index (χ1) is 34.6. The van der Waals surface area contributed by atoms with Crippen LogP contribution in [0.25, 0.3) is 0 Å². The van der Waals surface area contributed by atoms with Crippen LogP contribution in [0.2, 0.25) is 5.02 Å². The molecule has 0 bridgehead atoms. The number of alkyl halides is 3. The van der Waals surface area contributed by atoms with E-state index in [-0.39, 0.29) is 78.3 Å². The van der Waals surface area contributed by atoms with Crippen molar-refractivity contribution in [1.29, 1.82) is 0 Å². The maximum atomic E-state index is 16.6. The zero-order valence-corrected chi connectivity index (χ0v) is 40.2. The number of nitrogens with zero attached hydrogens (tertiary/aromatic N) is 4. The van der Waals surface area contributed by atoms with Crippen LogP contribution >= 0.6 is 11.6 Å². The van der Waals surface area contributed by atoms with E-state index in [0.29, 0.717) is 66.0 Å². The Hall–Kier alpha value is -6.51. The van der Waals surface area contributed by atoms with Crippen LogP contribution in [0.5, 0.6) is 5.75 Å². The van der Waals surface area contributed by atoms with Gasteiger partial charge in [-0.2, -0.15) is 13.2 Å². The summed E-state index contributed by atoms with van der Waals surface area (Å²) in [6.07, 6.45) is 2.30. The first-order valence-corrected chi connectivity index (χ1v) is 25.1. The molecule has 0 unspecified atom stereocenters. The molecule has 2 spiro atoms. The molecule has 13 nitrogen and oxygen atoms in total. The van der Waals surface area contributed by atoms with E-state index in [0.717, 1.165) is 43.7 Å². The molecule has 0 radical (unpaired) electrons. The van der Waals surface area contributed by atoms with Crippen molar-refractivity contribution in [2.24, 2.45) is 5.92 Å². The van der Waals surface area contributed by atoms with Crippen LogP contribution in [-0.2, 0) is 32.5 Å². The standard InChI is InChI=1S/C54H52ClF4N7O6/c1-30-26-65(51(71)47-45(35-14-7-15-38(55)46(35)56)53(52(63-47)20-3-2-4-21-52)29-61-39-24-43(54(57,58)59)60-25-37(39)53)40-17-16-33(23-42(40)72-30)49(69)64-22-8-10-31(27-64)9-5-11-32-12-6-13-34-36(32)28-66(50(34)70)41-18-19-44(67)62-48(41)68/h6-7,12-17,23-25,30-31,41,45,47,61,63H,2-4,8-10,18-22,26-29H2,1H3,(H,62,67,68)/t30-,31-,41-,45+,47-,53-/m1/s1. The van der Waals surface area contributed by atoms with Crippen LogP contribution in [-0.4, -0.2) is 94.2 Å². The molecular weight excluding hydrogens is 954 g/mol. The van der Waals surface area contributed by atoms with Crippen LogP contribution in [0.15, 0.2) is 66.9 Å². The zero-order valence-electron chi connectivity index (χ0n) is 39.5. The largest absolute Gasteiger partial charge is 0.487 e. The summed E-state index contributed by atoms with van der Waals surface area (Å²) in [6.45, 7) is 3.32. The molecule has 1 aromatic heterocycles. The number of likely N-dealkylation sites (tertiary alicyclic amines) is 1. The lowest BCUT2D eigenvalue weighted by Gasteiger charge is -2.48. The molecule has 6 atom stereocenters. The number of ether oxygens (including phenoxy) is 1. The SMILES string of the molecule is C[C@@H]1CN(C(=O)[C@@H]2NC3(CCCCC3)[C@@]3(CNc4cc(C(F)(F)F)ncc43)[C@H]2c2cccc(Cl)c2F)c2ccc(C(=O)N3CCC[C@@H](CC#Cc4cccc5c4CN([C@@H]4CCC(=O)NC4=O)C5=O)C3)cc2O1. The van der Waals surface area contributed by atoms with Crippen LogP contribution < -0.4 is 25.6 Å². The topological polar surface area (TPSA) is 153 Å². The van der Waals surface area contributed by atoms with Gasteiger partial charge in [-0.15, -0.1) is 0 Å². The molecule has 1 aliphatic carbocycles. The average Bonchev–Trinajstić information content (AvgIpc) is 4.01. The number of fused-ring (bicyclic) bond motifs is 5. The number of rotatable bonds is 5. The minimum atomic E-state index is -4.69. The molecule has 5 amide bonds. The molecule has 4 aromatic rings. The summed E-state index contributed by atoms with van der Waals surface area (Å²) in [5.74, 6) is 3.67. The van der Waals surface area contributed by atoms with Crippen molar-refractivity contribution in [2.75, 3.05) is 36.4 Å². The van der Waals surface area contributed by atoms with Gasteiger partial charge in [-0.3, -0.25) is 39.6 Å². The maximum absolute atomic E-state index is 16.6. The predicted octanol–water partition coefficient (Wildman–Crippen LogP) is 7.88. The Labute approximate surface area is 418 Å². The van der Waals surface area contributed by atoms with Crippen LogP contribution in [0.3, 0.4) is 0 Å². The molecule has 4 fully saturated rings. The van der Waals surface area contributed by atoms with E-state index in [1.807, 2.05) is 13.0 Å². The number of anilines is 2. The molecular formula is C54H52ClF4N7O6. The molecule has 374 valence electrons. The smallest absolute Gasteiger partial charge is 0.433 e. The summed E-state index contributed by atoms with van der Waals surface area (Å²) in [4.78, 5) is 76.4. The van der Waals surface area contributed by atoms with Gasteiger partial charge in [0.25, 0.3) is 11.8 Å². The van der Waals surface area contributed by atoms with Gasteiger partial charge < -0.3 is 24.8 Å². The van der Waals surface area contributed by atoms with Crippen molar-refractivity contribution in [3.8, 4) is 17.6 Å². The molecule has 3 aromatic carbocycles. The monoisotopic (exact) mass is 1010 g/mol. The van der Waals surface area contributed by atoms with Gasteiger partial charge in [-0.1, -0.05) is 60.9 Å². The fourth-order valence-corrected chi connectivity index (χ4v) is 13.1. The summed E-state index contributed by atoms with van der Waals surface area (Å²) in [5, 5.41) is 9.19. The lowest BCUT2D eigenvalue weighted by Crippen LogP contribution is -2.58. The highest BCUT2D eigenvalue weighted by Gasteiger charge is 2.69. The van der Waals surface area contributed by atoms with Gasteiger partial charge in [0, 0.05) is 90.0 Å². The predicted molar refractivity (Wildman–Crippen MR) is 258 cm³/mol. The first-order valence-electron chi connectivity index (χ1n) is 24.8. The highest BCUT2D eigenvalue weighted by atomic mass is 35.5. The van der Waals surface area contributed by atoms with Gasteiger partial charge in [0.1, 0.15) is 29.4 Å². The van der Waals surface area contributed by atoms with E-state index >= 15 is 9.18 Å². The number of carbonyl (C=O) groups is 5. The third-order valence-electron chi connectivity index (χ3n) is 16.2. The van der Waals surface area contributed by atoms with Gasteiger partial charge in [-0.25, -0.2) is 4.39 Å². The third-order valence-corrected chi connectivity index (χ3v) is 16.5. The van der Waals surface area contributed by atoms with Crippen molar-refractivity contribution in [3.05, 3.63) is 117 Å². The van der Waals surface area contributed by atoms with E-state index in [9.17, 15) is 32.3 Å². The molecule has 6 aliphatic heterocycles. The fraction of sp³-hybridized carbons (Fsp3) is 0.444. The lowest BCUT2D eigenvalue weighted by molar-refractivity contribution is -0.141. The molecule has 1 saturated carbocycles. The van der Waals surface area contributed by atoms with Gasteiger partial charge in [0.05, 0.1) is 23.3 Å². The van der Waals surface area contributed by atoms with Crippen LogP contribution in [0, 0.1) is 23.6 Å². The quantitative estimate of drug-likeness (QED) is 0.103. The number of hydrogen-bond acceptors (Lipinski definition) is 9. The summed E-state index contributed by atoms with van der Waals surface area (Å²) in [6, 6.07) is 14.3. The van der Waals surface area contributed by atoms with E-state index < -0.39 is 58.7 Å².